The van der Waals surface area contributed by atoms with E-state index in [4.69, 9.17) is 28.0 Å². The number of para-hydroxylation sites is 1. The van der Waals surface area contributed by atoms with Crippen molar-refractivity contribution in [2.24, 2.45) is 27.9 Å². The molecule has 15 nitrogen and oxygen atoms in total. The molecule has 2 rings (SSSR count). The van der Waals surface area contributed by atoms with E-state index in [9.17, 15) is 24.0 Å². The zero-order valence-electron chi connectivity index (χ0n) is 21.5. The first-order valence-corrected chi connectivity index (χ1v) is 12.2. The Labute approximate surface area is 224 Å². The minimum atomic E-state index is -1.48. The molecular weight excluding hydrogens is 510 g/mol. The number of nitrogens with two attached hydrogens (primary N) is 4. The van der Waals surface area contributed by atoms with Crippen LogP contribution in [0, 0.1) is 0 Å². The molecule has 0 saturated carbocycles. The number of carboxylic acid groups (broad SMARTS) is 1. The number of carboxylic acids is 1. The maximum Gasteiger partial charge on any atom is 0.325 e. The molecule has 1 heterocycles. The first kappa shape index (κ1) is 30.6. The summed E-state index contributed by atoms with van der Waals surface area (Å²) in [5.41, 5.74) is 23.7. The van der Waals surface area contributed by atoms with Gasteiger partial charge < -0.3 is 49.0 Å². The van der Waals surface area contributed by atoms with E-state index in [-0.39, 0.29) is 31.8 Å². The van der Waals surface area contributed by atoms with Gasteiger partial charge in [0, 0.05) is 23.6 Å². The number of guanidine groups is 1. The highest BCUT2D eigenvalue weighted by atomic mass is 16.4. The summed E-state index contributed by atoms with van der Waals surface area (Å²) in [6, 6.07) is 2.54. The van der Waals surface area contributed by atoms with Gasteiger partial charge in [0.15, 0.2) is 5.96 Å². The predicted octanol–water partition coefficient (Wildman–Crippen LogP) is -2.47. The van der Waals surface area contributed by atoms with Crippen molar-refractivity contribution in [1.82, 2.24) is 20.9 Å². The molecule has 4 unspecified atom stereocenters. The first-order chi connectivity index (χ1) is 18.4. The molecule has 15 heteroatoms. The Morgan fingerprint density at radius 3 is 2.26 bits per heavy atom. The quantitative estimate of drug-likeness (QED) is 0.0650. The number of nitrogens with one attached hydrogen (secondary N) is 4. The van der Waals surface area contributed by atoms with E-state index in [0.29, 0.717) is 0 Å². The lowest BCUT2D eigenvalue weighted by molar-refractivity contribution is -0.142. The number of aliphatic carboxylic acids is 1. The SMILES string of the molecule is CC(NC(=O)C(CC(N)=O)NC(=O)C(CCCN=C(N)N)NC(=O)C(N)Cc1c[nH]c2ccccc12)C(=O)O. The summed E-state index contributed by atoms with van der Waals surface area (Å²) in [6.07, 6.45) is 1.67. The highest BCUT2D eigenvalue weighted by Crippen LogP contribution is 2.18. The van der Waals surface area contributed by atoms with Crippen molar-refractivity contribution in [1.29, 1.82) is 0 Å². The number of aliphatic imine (C=N–C) groups is 1. The van der Waals surface area contributed by atoms with Crippen LogP contribution in [0.4, 0.5) is 0 Å². The van der Waals surface area contributed by atoms with Crippen molar-refractivity contribution in [2.75, 3.05) is 6.54 Å². The van der Waals surface area contributed by atoms with Crippen LogP contribution in [0.15, 0.2) is 35.5 Å². The molecule has 0 bridgehead atoms. The van der Waals surface area contributed by atoms with Gasteiger partial charge >= 0.3 is 5.97 Å². The normalized spacial score (nSPS) is 13.9. The van der Waals surface area contributed by atoms with E-state index < -0.39 is 60.2 Å². The molecule has 4 amide bonds. The molecule has 0 radical (unpaired) electrons. The second-order valence-corrected chi connectivity index (χ2v) is 8.98. The Balaban J connectivity index is 2.15. The summed E-state index contributed by atoms with van der Waals surface area (Å²) in [5.74, 6) is -4.74. The molecule has 1 aromatic heterocycles. The van der Waals surface area contributed by atoms with Gasteiger partial charge in [-0.25, -0.2) is 0 Å². The average Bonchev–Trinajstić information content (AvgIpc) is 3.27. The zero-order chi connectivity index (χ0) is 29.1. The van der Waals surface area contributed by atoms with Crippen LogP contribution in [0.3, 0.4) is 0 Å². The van der Waals surface area contributed by atoms with Crippen LogP contribution in [-0.4, -0.2) is 76.4 Å². The molecule has 39 heavy (non-hydrogen) atoms. The number of rotatable bonds is 15. The third kappa shape index (κ3) is 9.62. The van der Waals surface area contributed by atoms with Crippen molar-refractivity contribution < 1.29 is 29.1 Å². The van der Waals surface area contributed by atoms with Gasteiger partial charge in [0.1, 0.15) is 18.1 Å². The Hall–Kier alpha value is -4.66. The molecule has 0 saturated heterocycles. The second-order valence-electron chi connectivity index (χ2n) is 8.98. The standard InChI is InChI=1S/C24H35N9O6/c1-12(23(38)39)31-22(37)18(10-19(26)34)33-21(36)17(7-4-8-29-24(27)28)32-20(35)15(25)9-13-11-30-16-6-3-2-5-14(13)16/h2-3,5-6,11-12,15,17-18,30H,4,7-10,25H2,1H3,(H2,26,34)(H,31,37)(H,32,35)(H,33,36)(H,38,39)(H4,27,28,29). The smallest absolute Gasteiger partial charge is 0.325 e. The molecule has 0 aliphatic carbocycles. The topological polar surface area (TPSA) is 274 Å². The zero-order valence-corrected chi connectivity index (χ0v) is 21.5. The van der Waals surface area contributed by atoms with Crippen molar-refractivity contribution in [3.05, 3.63) is 36.0 Å². The second kappa shape index (κ2) is 14.3. The van der Waals surface area contributed by atoms with E-state index in [1.54, 1.807) is 6.20 Å². The van der Waals surface area contributed by atoms with Crippen molar-refractivity contribution in [3.8, 4) is 0 Å². The van der Waals surface area contributed by atoms with E-state index in [0.717, 1.165) is 16.5 Å². The number of hydrogen-bond donors (Lipinski definition) is 9. The fourth-order valence-corrected chi connectivity index (χ4v) is 3.74. The van der Waals surface area contributed by atoms with Gasteiger partial charge in [-0.05, 0) is 37.8 Å². The number of hydrogen-bond acceptors (Lipinski definition) is 7. The number of amides is 4. The largest absolute Gasteiger partial charge is 0.480 e. The van der Waals surface area contributed by atoms with Crippen LogP contribution < -0.4 is 38.9 Å². The van der Waals surface area contributed by atoms with Crippen LogP contribution in [0.25, 0.3) is 10.9 Å². The summed E-state index contributed by atoms with van der Waals surface area (Å²) in [5, 5.41) is 17.1. The third-order valence-corrected chi connectivity index (χ3v) is 5.80. The average molecular weight is 546 g/mol. The van der Waals surface area contributed by atoms with Crippen LogP contribution in [0.1, 0.15) is 31.7 Å². The van der Waals surface area contributed by atoms with Crippen LogP contribution in [0.2, 0.25) is 0 Å². The number of aromatic amines is 1. The van der Waals surface area contributed by atoms with Crippen LogP contribution >= 0.6 is 0 Å². The minimum absolute atomic E-state index is 0.0601. The summed E-state index contributed by atoms with van der Waals surface area (Å²) >= 11 is 0. The first-order valence-electron chi connectivity index (χ1n) is 12.2. The van der Waals surface area contributed by atoms with E-state index in [2.05, 4.69) is 25.9 Å². The van der Waals surface area contributed by atoms with Gasteiger partial charge in [-0.15, -0.1) is 0 Å². The maximum absolute atomic E-state index is 13.1. The molecule has 1 aromatic carbocycles. The number of aromatic nitrogens is 1. The summed E-state index contributed by atoms with van der Waals surface area (Å²) in [4.78, 5) is 68.2. The van der Waals surface area contributed by atoms with Crippen LogP contribution in [-0.2, 0) is 30.4 Å². The molecular formula is C24H35N9O6. The van der Waals surface area contributed by atoms with Gasteiger partial charge in [0.05, 0.1) is 12.5 Å². The Kier molecular flexibility index (Phi) is 11.2. The molecule has 13 N–H and O–H groups in total. The maximum atomic E-state index is 13.1. The molecule has 4 atom stereocenters. The number of carbonyl (C=O) groups excluding carboxylic acids is 4. The number of H-pyrrole nitrogens is 1. The lowest BCUT2D eigenvalue weighted by atomic mass is 10.0. The lowest BCUT2D eigenvalue weighted by Crippen LogP contribution is -2.57. The highest BCUT2D eigenvalue weighted by molar-refractivity contribution is 5.96. The molecule has 0 fully saturated rings. The van der Waals surface area contributed by atoms with Crippen LogP contribution in [0.5, 0.6) is 0 Å². The van der Waals surface area contributed by atoms with Crippen molar-refractivity contribution in [2.45, 2.75) is 56.8 Å². The fourth-order valence-electron chi connectivity index (χ4n) is 3.74. The number of primary amides is 1. The highest BCUT2D eigenvalue weighted by Gasteiger charge is 2.30. The number of carbonyl (C=O) groups is 5. The lowest BCUT2D eigenvalue weighted by Gasteiger charge is -2.24. The Morgan fingerprint density at radius 1 is 0.974 bits per heavy atom. The summed E-state index contributed by atoms with van der Waals surface area (Å²) in [7, 11) is 0. The number of fused-ring (bicyclic) bond motifs is 1. The van der Waals surface area contributed by atoms with Gasteiger partial charge in [-0.2, -0.15) is 0 Å². The fraction of sp³-hybridized carbons (Fsp3) is 0.417. The van der Waals surface area contributed by atoms with Crippen molar-refractivity contribution >= 4 is 46.5 Å². The molecule has 0 aliphatic heterocycles. The van der Waals surface area contributed by atoms with Gasteiger partial charge in [-0.3, -0.25) is 29.0 Å². The van der Waals surface area contributed by atoms with Gasteiger partial charge in [-0.1, -0.05) is 18.2 Å². The van der Waals surface area contributed by atoms with E-state index in [1.165, 1.54) is 6.92 Å². The molecule has 2 aromatic rings. The van der Waals surface area contributed by atoms with Gasteiger partial charge in [0.25, 0.3) is 0 Å². The van der Waals surface area contributed by atoms with Gasteiger partial charge in [0.2, 0.25) is 23.6 Å². The molecule has 0 spiro atoms. The monoisotopic (exact) mass is 545 g/mol. The summed E-state index contributed by atoms with van der Waals surface area (Å²) in [6.45, 7) is 1.37. The third-order valence-electron chi connectivity index (χ3n) is 5.80. The number of nitrogens with zero attached hydrogens (tertiary/aromatic N) is 1. The van der Waals surface area contributed by atoms with E-state index >= 15 is 0 Å². The predicted molar refractivity (Wildman–Crippen MR) is 143 cm³/mol. The Bertz CT molecular complexity index is 1220. The summed E-state index contributed by atoms with van der Waals surface area (Å²) < 4.78 is 0. The minimum Gasteiger partial charge on any atom is -0.480 e. The van der Waals surface area contributed by atoms with Crippen molar-refractivity contribution in [3.63, 3.8) is 0 Å². The molecule has 212 valence electrons. The van der Waals surface area contributed by atoms with E-state index in [1.807, 2.05) is 24.3 Å². The Morgan fingerprint density at radius 2 is 1.62 bits per heavy atom. The number of benzene rings is 1. The molecule has 0 aliphatic rings.